The maximum Gasteiger partial charge on any atom is 0.323 e. The Kier molecular flexibility index (Phi) is 8.23. The summed E-state index contributed by atoms with van der Waals surface area (Å²) in [5, 5.41) is 0. The Morgan fingerprint density at radius 3 is 2.35 bits per heavy atom. The first-order valence-corrected chi connectivity index (χ1v) is 6.93. The van der Waals surface area contributed by atoms with Crippen LogP contribution in [0.4, 0.5) is 0 Å². The monoisotopic (exact) mass is 243 g/mol. The zero-order chi connectivity index (χ0) is 13.4. The third kappa shape index (κ3) is 4.66. The molecule has 1 fully saturated rings. The summed E-state index contributed by atoms with van der Waals surface area (Å²) in [6, 6.07) is 0.404. The lowest BCUT2D eigenvalue weighted by Gasteiger charge is -2.40. The summed E-state index contributed by atoms with van der Waals surface area (Å²) in [6.45, 7) is 11.6. The fourth-order valence-corrected chi connectivity index (χ4v) is 2.37. The Morgan fingerprint density at radius 2 is 1.94 bits per heavy atom. The van der Waals surface area contributed by atoms with Crippen molar-refractivity contribution in [2.45, 2.75) is 66.0 Å². The van der Waals surface area contributed by atoms with Gasteiger partial charge in [-0.15, -0.1) is 0 Å². The van der Waals surface area contributed by atoms with Gasteiger partial charge in [-0.25, -0.2) is 0 Å². The smallest absolute Gasteiger partial charge is 0.323 e. The van der Waals surface area contributed by atoms with Crippen LogP contribution >= 0.6 is 0 Å². The average Bonchev–Trinajstić information content (AvgIpc) is 2.39. The second kappa shape index (κ2) is 8.51. The van der Waals surface area contributed by atoms with Crippen molar-refractivity contribution in [1.82, 2.24) is 4.90 Å². The Morgan fingerprint density at radius 1 is 1.35 bits per heavy atom. The summed E-state index contributed by atoms with van der Waals surface area (Å²) in [7, 11) is 1.48. The van der Waals surface area contributed by atoms with Gasteiger partial charge in [0.15, 0.2) is 0 Å². The number of carbonyl (C=O) groups excluding carboxylic acids is 1. The van der Waals surface area contributed by atoms with E-state index in [0.717, 1.165) is 25.3 Å². The average molecular weight is 243 g/mol. The molecule has 0 aliphatic carbocycles. The van der Waals surface area contributed by atoms with E-state index in [9.17, 15) is 4.79 Å². The molecule has 0 aromatic carbocycles. The molecule has 0 N–H and O–H groups in total. The summed E-state index contributed by atoms with van der Waals surface area (Å²) in [6.07, 6.45) is 3.31. The minimum atomic E-state index is -0.0711. The van der Waals surface area contributed by atoms with Crippen LogP contribution in [0, 0.1) is 5.92 Å². The molecule has 2 unspecified atom stereocenters. The number of rotatable bonds is 3. The molecule has 0 aromatic heterocycles. The number of esters is 1. The zero-order valence-electron chi connectivity index (χ0n) is 12.3. The Balaban J connectivity index is 0.00000121. The highest BCUT2D eigenvalue weighted by atomic mass is 16.5. The second-order valence-corrected chi connectivity index (χ2v) is 4.68. The molecule has 3 nitrogen and oxygen atoms in total. The van der Waals surface area contributed by atoms with Gasteiger partial charge < -0.3 is 4.74 Å². The van der Waals surface area contributed by atoms with Crippen molar-refractivity contribution in [3.8, 4) is 0 Å². The fraction of sp³-hybridized carbons (Fsp3) is 0.929. The van der Waals surface area contributed by atoms with Gasteiger partial charge >= 0.3 is 5.97 Å². The summed E-state index contributed by atoms with van der Waals surface area (Å²) >= 11 is 0. The van der Waals surface area contributed by atoms with Gasteiger partial charge in [0.05, 0.1) is 7.11 Å². The van der Waals surface area contributed by atoms with Crippen LogP contribution in [-0.4, -0.2) is 36.6 Å². The van der Waals surface area contributed by atoms with Gasteiger partial charge in [0.25, 0.3) is 0 Å². The van der Waals surface area contributed by atoms with E-state index in [1.165, 1.54) is 13.5 Å². The maximum atomic E-state index is 11.6. The highest BCUT2D eigenvalue weighted by Crippen LogP contribution is 2.26. The number of likely N-dealkylation sites (tertiary alicyclic amines) is 1. The quantitative estimate of drug-likeness (QED) is 0.713. The highest BCUT2D eigenvalue weighted by Gasteiger charge is 2.34. The summed E-state index contributed by atoms with van der Waals surface area (Å²) in [5.41, 5.74) is 0. The van der Waals surface area contributed by atoms with E-state index in [1.807, 2.05) is 13.8 Å². The van der Waals surface area contributed by atoms with E-state index in [2.05, 4.69) is 25.7 Å². The first kappa shape index (κ1) is 16.4. The van der Waals surface area contributed by atoms with Crippen molar-refractivity contribution in [2.75, 3.05) is 13.7 Å². The molecule has 17 heavy (non-hydrogen) atoms. The Hall–Kier alpha value is -0.570. The van der Waals surface area contributed by atoms with Crippen molar-refractivity contribution < 1.29 is 9.53 Å². The summed E-state index contributed by atoms with van der Waals surface area (Å²) in [4.78, 5) is 13.9. The van der Waals surface area contributed by atoms with E-state index in [0.29, 0.717) is 6.04 Å². The lowest BCUT2D eigenvalue weighted by molar-refractivity contribution is -0.150. The van der Waals surface area contributed by atoms with Gasteiger partial charge in [-0.3, -0.25) is 9.69 Å². The lowest BCUT2D eigenvalue weighted by atomic mass is 9.90. The standard InChI is InChI=1S/C12H23NO2.C2H6/c1-5-10-6-7-11(12(14)15-4)13(8-10)9(2)3;1-2/h9-11H,5-8H2,1-4H3;1-2H3. The van der Waals surface area contributed by atoms with Crippen molar-refractivity contribution in [1.29, 1.82) is 0 Å². The number of piperidine rings is 1. The van der Waals surface area contributed by atoms with Gasteiger partial charge in [-0.05, 0) is 32.6 Å². The van der Waals surface area contributed by atoms with Crippen molar-refractivity contribution in [2.24, 2.45) is 5.92 Å². The number of ether oxygens (including phenoxy) is 1. The third-order valence-electron chi connectivity index (χ3n) is 3.43. The predicted octanol–water partition coefficient (Wildman–Crippen LogP) is 3.08. The maximum absolute atomic E-state index is 11.6. The predicted molar refractivity (Wildman–Crippen MR) is 72.0 cm³/mol. The Bertz CT molecular complexity index is 216. The van der Waals surface area contributed by atoms with Crippen molar-refractivity contribution >= 4 is 5.97 Å². The van der Waals surface area contributed by atoms with E-state index in [1.54, 1.807) is 0 Å². The molecule has 0 radical (unpaired) electrons. The van der Waals surface area contributed by atoms with E-state index in [-0.39, 0.29) is 12.0 Å². The molecular formula is C14H29NO2. The molecule has 1 saturated heterocycles. The number of hydrogen-bond acceptors (Lipinski definition) is 3. The molecule has 1 rings (SSSR count). The molecule has 1 aliphatic rings. The molecular weight excluding hydrogens is 214 g/mol. The van der Waals surface area contributed by atoms with Gasteiger partial charge in [-0.2, -0.15) is 0 Å². The van der Waals surface area contributed by atoms with Crippen LogP contribution < -0.4 is 0 Å². The molecule has 0 aromatic rings. The number of methoxy groups -OCH3 is 1. The van der Waals surface area contributed by atoms with Gasteiger partial charge in [0.2, 0.25) is 0 Å². The van der Waals surface area contributed by atoms with Crippen LogP contribution in [0.15, 0.2) is 0 Å². The van der Waals surface area contributed by atoms with Crippen LogP contribution in [-0.2, 0) is 9.53 Å². The topological polar surface area (TPSA) is 29.5 Å². The minimum Gasteiger partial charge on any atom is -0.468 e. The Labute approximate surface area is 107 Å². The number of hydrogen-bond donors (Lipinski definition) is 0. The molecule has 0 amide bonds. The van der Waals surface area contributed by atoms with Crippen LogP contribution in [0.1, 0.15) is 53.9 Å². The molecule has 1 aliphatic heterocycles. The second-order valence-electron chi connectivity index (χ2n) is 4.68. The van der Waals surface area contributed by atoms with E-state index in [4.69, 9.17) is 4.74 Å². The molecule has 0 bridgehead atoms. The van der Waals surface area contributed by atoms with Crippen molar-refractivity contribution in [3.05, 3.63) is 0 Å². The first-order chi connectivity index (χ1) is 8.10. The largest absolute Gasteiger partial charge is 0.468 e. The number of carbonyl (C=O) groups is 1. The number of nitrogens with zero attached hydrogens (tertiary/aromatic N) is 1. The van der Waals surface area contributed by atoms with Crippen LogP contribution in [0.3, 0.4) is 0 Å². The van der Waals surface area contributed by atoms with E-state index < -0.39 is 0 Å². The summed E-state index contributed by atoms with van der Waals surface area (Å²) in [5.74, 6) is 0.673. The molecule has 0 saturated carbocycles. The molecule has 1 heterocycles. The van der Waals surface area contributed by atoms with Crippen molar-refractivity contribution in [3.63, 3.8) is 0 Å². The van der Waals surface area contributed by atoms with Crippen LogP contribution in [0.5, 0.6) is 0 Å². The molecule has 2 atom stereocenters. The van der Waals surface area contributed by atoms with Crippen LogP contribution in [0.25, 0.3) is 0 Å². The van der Waals surface area contributed by atoms with Gasteiger partial charge in [0, 0.05) is 12.6 Å². The molecule has 0 spiro atoms. The summed E-state index contributed by atoms with van der Waals surface area (Å²) < 4.78 is 4.86. The molecule has 3 heteroatoms. The highest BCUT2D eigenvalue weighted by molar-refractivity contribution is 5.75. The first-order valence-electron chi connectivity index (χ1n) is 6.93. The van der Waals surface area contributed by atoms with Crippen LogP contribution in [0.2, 0.25) is 0 Å². The lowest BCUT2D eigenvalue weighted by Crippen LogP contribution is -2.51. The normalized spacial score (nSPS) is 25.1. The molecule has 102 valence electrons. The third-order valence-corrected chi connectivity index (χ3v) is 3.43. The van der Waals surface area contributed by atoms with Gasteiger partial charge in [0.1, 0.15) is 6.04 Å². The van der Waals surface area contributed by atoms with Gasteiger partial charge in [-0.1, -0.05) is 27.2 Å². The minimum absolute atomic E-state index is 0.0159. The SMILES string of the molecule is CC.CCC1CCC(C(=O)OC)N(C(C)C)C1. The zero-order valence-corrected chi connectivity index (χ0v) is 12.3. The van der Waals surface area contributed by atoms with E-state index >= 15 is 0 Å². The fourth-order valence-electron chi connectivity index (χ4n) is 2.37.